The number of rotatable bonds is 0. The Bertz CT molecular complexity index is 340. The van der Waals surface area contributed by atoms with Gasteiger partial charge in [-0.05, 0) is 12.1 Å². The number of hydrogen-bond acceptors (Lipinski definition) is 3. The normalized spacial score (nSPS) is 10.3. The van der Waals surface area contributed by atoms with E-state index in [0.717, 1.165) is 12.1 Å². The fourth-order valence-corrected chi connectivity index (χ4v) is 0.496. The molecule has 6 nitrogen and oxygen atoms in total. The van der Waals surface area contributed by atoms with Crippen molar-refractivity contribution in [1.29, 1.82) is 0 Å². The molecule has 0 atom stereocenters. The first-order chi connectivity index (χ1) is 6.20. The van der Waals surface area contributed by atoms with Gasteiger partial charge in [0.25, 0.3) is 0 Å². The van der Waals surface area contributed by atoms with Crippen molar-refractivity contribution in [3.63, 3.8) is 0 Å². The summed E-state index contributed by atoms with van der Waals surface area (Å²) in [6.07, 6.45) is 0. The third-order valence-corrected chi connectivity index (χ3v) is 0.931. The molecule has 0 bridgehead atoms. The van der Waals surface area contributed by atoms with Gasteiger partial charge in [0, 0.05) is 6.07 Å². The molecule has 80 valence electrons. The summed E-state index contributed by atoms with van der Waals surface area (Å²) < 4.78 is 21.1. The van der Waals surface area contributed by atoms with Crippen molar-refractivity contribution in [3.05, 3.63) is 24.0 Å². The molecule has 1 rings (SSSR count). The molecular formula is C6H8FO6P. The summed E-state index contributed by atoms with van der Waals surface area (Å²) in [7, 11) is -4.64. The van der Waals surface area contributed by atoms with Gasteiger partial charge in [0.15, 0.2) is 11.6 Å². The summed E-state index contributed by atoms with van der Waals surface area (Å²) in [4.78, 5) is 21.6. The summed E-state index contributed by atoms with van der Waals surface area (Å²) >= 11 is 0. The molecule has 8 heteroatoms. The zero-order chi connectivity index (χ0) is 11.4. The Morgan fingerprint density at radius 2 is 1.57 bits per heavy atom. The van der Waals surface area contributed by atoms with Crippen LogP contribution in [0.4, 0.5) is 4.39 Å². The van der Waals surface area contributed by atoms with E-state index in [1.54, 1.807) is 0 Å². The Morgan fingerprint density at radius 1 is 1.14 bits per heavy atom. The van der Waals surface area contributed by atoms with Crippen LogP contribution in [0.15, 0.2) is 18.2 Å². The number of hydrogen-bond donors (Lipinski definition) is 5. The first-order valence-electron chi connectivity index (χ1n) is 3.16. The minimum atomic E-state index is -4.64. The second-order valence-electron chi connectivity index (χ2n) is 2.15. The van der Waals surface area contributed by atoms with Crippen LogP contribution in [0.3, 0.4) is 0 Å². The maximum Gasteiger partial charge on any atom is 0.466 e. The van der Waals surface area contributed by atoms with Gasteiger partial charge in [-0.1, -0.05) is 0 Å². The van der Waals surface area contributed by atoms with E-state index >= 15 is 0 Å². The molecule has 0 aliphatic carbocycles. The average Bonchev–Trinajstić information content (AvgIpc) is 1.94. The summed E-state index contributed by atoms with van der Waals surface area (Å²) in [5.41, 5.74) is 0. The lowest BCUT2D eigenvalue weighted by Gasteiger charge is -1.92. The van der Waals surface area contributed by atoms with Crippen LogP contribution in [0.25, 0.3) is 0 Å². The van der Waals surface area contributed by atoms with Crippen molar-refractivity contribution in [2.75, 3.05) is 0 Å². The predicted molar refractivity (Wildman–Crippen MR) is 44.0 cm³/mol. The molecule has 0 amide bonds. The third-order valence-electron chi connectivity index (χ3n) is 0.931. The van der Waals surface area contributed by atoms with E-state index < -0.39 is 19.4 Å². The molecule has 0 saturated heterocycles. The fourth-order valence-electron chi connectivity index (χ4n) is 0.496. The lowest BCUT2D eigenvalue weighted by Crippen LogP contribution is -1.72. The largest absolute Gasteiger partial charge is 0.508 e. The van der Waals surface area contributed by atoms with Crippen LogP contribution in [0.1, 0.15) is 0 Å². The summed E-state index contributed by atoms with van der Waals surface area (Å²) in [5, 5.41) is 17.1. The lowest BCUT2D eigenvalue weighted by atomic mass is 10.3. The third kappa shape index (κ3) is 7.51. The number of phosphoric acid groups is 1. The first-order valence-corrected chi connectivity index (χ1v) is 4.72. The quantitative estimate of drug-likeness (QED) is 0.321. The molecule has 1 aromatic carbocycles. The second kappa shape index (κ2) is 4.92. The van der Waals surface area contributed by atoms with E-state index in [1.807, 2.05) is 0 Å². The highest BCUT2D eigenvalue weighted by atomic mass is 31.2. The molecule has 5 N–H and O–H groups in total. The van der Waals surface area contributed by atoms with Gasteiger partial charge >= 0.3 is 7.82 Å². The van der Waals surface area contributed by atoms with Crippen LogP contribution in [0.5, 0.6) is 11.5 Å². The monoisotopic (exact) mass is 226 g/mol. The van der Waals surface area contributed by atoms with Crippen molar-refractivity contribution in [2.24, 2.45) is 0 Å². The molecule has 0 unspecified atom stereocenters. The molecule has 0 aliphatic rings. The minimum Gasteiger partial charge on any atom is -0.508 e. The molecule has 14 heavy (non-hydrogen) atoms. The van der Waals surface area contributed by atoms with Gasteiger partial charge in [-0.15, -0.1) is 0 Å². The van der Waals surface area contributed by atoms with E-state index in [0.29, 0.717) is 0 Å². The highest BCUT2D eigenvalue weighted by molar-refractivity contribution is 7.45. The predicted octanol–water partition coefficient (Wildman–Crippen LogP) is 0.308. The van der Waals surface area contributed by atoms with E-state index in [4.69, 9.17) is 29.5 Å². The van der Waals surface area contributed by atoms with Gasteiger partial charge < -0.3 is 24.9 Å². The summed E-state index contributed by atoms with van der Waals surface area (Å²) in [5.74, 6) is -1.45. The average molecular weight is 226 g/mol. The van der Waals surface area contributed by atoms with Gasteiger partial charge in [-0.2, -0.15) is 0 Å². The molecule has 0 fully saturated rings. The number of benzene rings is 1. The van der Waals surface area contributed by atoms with E-state index in [1.165, 1.54) is 6.07 Å². The highest BCUT2D eigenvalue weighted by Gasteiger charge is 2.00. The second-order valence-corrected chi connectivity index (χ2v) is 3.18. The van der Waals surface area contributed by atoms with Crippen LogP contribution in [0, 0.1) is 5.82 Å². The SMILES string of the molecule is O=P(O)(O)O.Oc1ccc(O)c(F)c1. The molecule has 0 heterocycles. The minimum absolute atomic E-state index is 0.190. The van der Waals surface area contributed by atoms with Crippen molar-refractivity contribution >= 4 is 7.82 Å². The van der Waals surface area contributed by atoms with Crippen molar-refractivity contribution < 1.29 is 33.8 Å². The van der Waals surface area contributed by atoms with Gasteiger partial charge in [0.2, 0.25) is 0 Å². The van der Waals surface area contributed by atoms with Crippen LogP contribution >= 0.6 is 7.82 Å². The zero-order valence-electron chi connectivity index (χ0n) is 6.70. The van der Waals surface area contributed by atoms with Crippen LogP contribution in [0.2, 0.25) is 0 Å². The zero-order valence-corrected chi connectivity index (χ0v) is 7.60. The van der Waals surface area contributed by atoms with E-state index in [-0.39, 0.29) is 5.75 Å². The molecule has 0 aromatic heterocycles. The molecule has 0 spiro atoms. The number of halogens is 1. The van der Waals surface area contributed by atoms with Crippen molar-refractivity contribution in [3.8, 4) is 11.5 Å². The van der Waals surface area contributed by atoms with E-state index in [9.17, 15) is 4.39 Å². The Morgan fingerprint density at radius 3 is 1.86 bits per heavy atom. The van der Waals surface area contributed by atoms with Crippen LogP contribution < -0.4 is 0 Å². The van der Waals surface area contributed by atoms with Crippen molar-refractivity contribution in [1.82, 2.24) is 0 Å². The Kier molecular flexibility index (Phi) is 4.52. The topological polar surface area (TPSA) is 118 Å². The smallest absolute Gasteiger partial charge is 0.466 e. The number of phenolic OH excluding ortho intramolecular Hbond substituents is 2. The number of aromatic hydroxyl groups is 2. The maximum absolute atomic E-state index is 12.2. The van der Waals surface area contributed by atoms with E-state index in [2.05, 4.69) is 0 Å². The lowest BCUT2D eigenvalue weighted by molar-refractivity contribution is 0.275. The number of phenols is 2. The summed E-state index contributed by atoms with van der Waals surface area (Å²) in [6.45, 7) is 0. The van der Waals surface area contributed by atoms with Gasteiger partial charge in [-0.3, -0.25) is 0 Å². The Labute approximate surface area is 78.1 Å². The molecule has 0 radical (unpaired) electrons. The molecular weight excluding hydrogens is 218 g/mol. The van der Waals surface area contributed by atoms with Gasteiger partial charge in [-0.25, -0.2) is 8.96 Å². The maximum atomic E-state index is 12.2. The molecule has 0 aliphatic heterocycles. The van der Waals surface area contributed by atoms with Crippen LogP contribution in [-0.2, 0) is 4.57 Å². The first kappa shape index (κ1) is 12.9. The molecule has 0 saturated carbocycles. The Hall–Kier alpha value is -1.14. The fraction of sp³-hybridized carbons (Fsp3) is 0. The Balaban J connectivity index is 0.000000292. The van der Waals surface area contributed by atoms with Gasteiger partial charge in [0.05, 0.1) is 0 Å². The van der Waals surface area contributed by atoms with Crippen molar-refractivity contribution in [2.45, 2.75) is 0 Å². The van der Waals surface area contributed by atoms with Gasteiger partial charge in [0.1, 0.15) is 5.75 Å². The summed E-state index contributed by atoms with van der Waals surface area (Å²) in [6, 6.07) is 3.14. The molecule has 1 aromatic rings. The highest BCUT2D eigenvalue weighted by Crippen LogP contribution is 2.25. The van der Waals surface area contributed by atoms with Crippen LogP contribution in [-0.4, -0.2) is 24.9 Å². The standard InChI is InChI=1S/C6H5FO2.H3O4P/c7-5-3-4(8)1-2-6(5)9;1-5(2,3)4/h1-3,8-9H;(H3,1,2,3,4).